The second-order valence-corrected chi connectivity index (χ2v) is 10.00. The molecule has 10 nitrogen and oxygen atoms in total. The Labute approximate surface area is 245 Å². The number of nitrogens with one attached hydrogen (secondary N) is 2. The molecule has 0 saturated heterocycles. The Morgan fingerprint density at radius 1 is 0.905 bits per heavy atom. The number of esters is 1. The van der Waals surface area contributed by atoms with E-state index < -0.39 is 11.5 Å². The monoisotopic (exact) mass is 572 g/mol. The van der Waals surface area contributed by atoms with Crippen molar-refractivity contribution in [2.24, 2.45) is 5.73 Å². The first-order valence-electron chi connectivity index (χ1n) is 13.5. The Hall–Kier alpha value is -4.51. The third kappa shape index (κ3) is 6.52. The van der Waals surface area contributed by atoms with Crippen LogP contribution in [0.25, 0.3) is 11.3 Å². The van der Waals surface area contributed by atoms with E-state index in [1.54, 1.807) is 39.5 Å². The van der Waals surface area contributed by atoms with Crippen molar-refractivity contribution in [1.82, 2.24) is 0 Å². The van der Waals surface area contributed by atoms with Crippen LogP contribution in [-0.4, -0.2) is 64.9 Å². The number of anilines is 3. The zero-order valence-electron chi connectivity index (χ0n) is 24.2. The van der Waals surface area contributed by atoms with E-state index in [9.17, 15) is 14.4 Å². The number of likely N-dealkylation sites (N-methyl/N-ethyl adjacent to an activating group) is 1. The molecule has 1 aliphatic heterocycles. The van der Waals surface area contributed by atoms with Crippen molar-refractivity contribution in [3.8, 4) is 0 Å². The Kier molecular flexibility index (Phi) is 9.74. The Morgan fingerprint density at radius 3 is 2.14 bits per heavy atom. The highest BCUT2D eigenvalue weighted by atomic mass is 16.5. The molecular weight excluding hydrogens is 536 g/mol. The summed E-state index contributed by atoms with van der Waals surface area (Å²) in [5.74, 6) is -1.03. The second kappa shape index (κ2) is 13.4. The quantitative estimate of drug-likeness (QED) is 0.218. The van der Waals surface area contributed by atoms with Gasteiger partial charge in [0.25, 0.3) is 5.91 Å². The topological polar surface area (TPSA) is 132 Å². The molecule has 3 aromatic rings. The molecule has 1 aliphatic rings. The number of fused-ring (bicyclic) bond motifs is 1. The van der Waals surface area contributed by atoms with Gasteiger partial charge in [0.15, 0.2) is 0 Å². The van der Waals surface area contributed by atoms with Crippen LogP contribution >= 0.6 is 0 Å². The lowest BCUT2D eigenvalue weighted by Gasteiger charge is -2.32. The van der Waals surface area contributed by atoms with Crippen LogP contribution < -0.4 is 21.3 Å². The minimum absolute atomic E-state index is 0.241. The van der Waals surface area contributed by atoms with Crippen LogP contribution in [0.15, 0.2) is 72.8 Å². The second-order valence-electron chi connectivity index (χ2n) is 10.00. The molecule has 1 heterocycles. The van der Waals surface area contributed by atoms with E-state index in [4.69, 9.17) is 19.9 Å². The third-order valence-electron chi connectivity index (χ3n) is 7.26. The number of nitrogens with zero attached hydrogens (tertiary/aromatic N) is 1. The van der Waals surface area contributed by atoms with Gasteiger partial charge in [-0.1, -0.05) is 36.4 Å². The summed E-state index contributed by atoms with van der Waals surface area (Å²) in [6.07, 6.45) is 0.711. The predicted molar refractivity (Wildman–Crippen MR) is 163 cm³/mol. The smallest absolute Gasteiger partial charge is 0.337 e. The van der Waals surface area contributed by atoms with Crippen molar-refractivity contribution in [2.75, 3.05) is 57.1 Å². The molecule has 0 bridgehead atoms. The number of rotatable bonds is 12. The fourth-order valence-electron chi connectivity index (χ4n) is 4.82. The van der Waals surface area contributed by atoms with E-state index in [2.05, 4.69) is 10.6 Å². The number of amides is 2. The molecule has 0 spiro atoms. The van der Waals surface area contributed by atoms with Gasteiger partial charge in [0, 0.05) is 51.4 Å². The van der Waals surface area contributed by atoms with Gasteiger partial charge < -0.3 is 35.5 Å². The summed E-state index contributed by atoms with van der Waals surface area (Å²) in [7, 11) is 6.14. The normalized spacial score (nSPS) is 13.7. The van der Waals surface area contributed by atoms with Gasteiger partial charge in [0.2, 0.25) is 5.91 Å². The first-order valence-corrected chi connectivity index (χ1v) is 13.5. The Morgan fingerprint density at radius 2 is 1.55 bits per heavy atom. The SMILES string of the molecule is COCCC(N)(CCOC)C(=O)N(C)c1ccc(NC(=C2C(=O)Nc3cc(C(=O)OC)ccc32)c2ccccc2)cc1. The largest absolute Gasteiger partial charge is 0.465 e. The summed E-state index contributed by atoms with van der Waals surface area (Å²) >= 11 is 0. The number of carbonyl (C=O) groups is 3. The lowest BCUT2D eigenvalue weighted by atomic mass is 9.91. The van der Waals surface area contributed by atoms with Crippen LogP contribution in [0.3, 0.4) is 0 Å². The molecule has 3 aromatic carbocycles. The minimum Gasteiger partial charge on any atom is -0.465 e. The maximum absolute atomic E-state index is 13.4. The van der Waals surface area contributed by atoms with E-state index in [1.807, 2.05) is 54.6 Å². The molecule has 4 N–H and O–H groups in total. The number of ether oxygens (including phenoxy) is 3. The third-order valence-corrected chi connectivity index (χ3v) is 7.26. The standard InChI is InChI=1S/C32H36N4O6/c1-36(31(39)32(33,16-18-40-2)17-19-41-3)24-13-11-23(12-14-24)34-28(21-8-6-5-7-9-21)27-25-15-10-22(30(38)42-4)20-26(25)35-29(27)37/h5-15,20,34H,16-19,33H2,1-4H3,(H,35,37). The number of carbonyl (C=O) groups excluding carboxylic acids is 3. The maximum Gasteiger partial charge on any atom is 0.337 e. The van der Waals surface area contributed by atoms with Gasteiger partial charge in [-0.2, -0.15) is 0 Å². The van der Waals surface area contributed by atoms with Gasteiger partial charge in [0.1, 0.15) is 5.54 Å². The van der Waals surface area contributed by atoms with Gasteiger partial charge in [-0.25, -0.2) is 4.79 Å². The van der Waals surface area contributed by atoms with Crippen molar-refractivity contribution < 1.29 is 28.6 Å². The van der Waals surface area contributed by atoms with Gasteiger partial charge in [0.05, 0.1) is 29.6 Å². The zero-order chi connectivity index (χ0) is 30.3. The van der Waals surface area contributed by atoms with E-state index in [0.717, 1.165) is 5.56 Å². The molecule has 0 aliphatic carbocycles. The van der Waals surface area contributed by atoms with Gasteiger partial charge >= 0.3 is 5.97 Å². The molecule has 0 radical (unpaired) electrons. The molecule has 42 heavy (non-hydrogen) atoms. The summed E-state index contributed by atoms with van der Waals surface area (Å²) in [4.78, 5) is 40.3. The molecule has 10 heteroatoms. The van der Waals surface area contributed by atoms with E-state index in [1.165, 1.54) is 12.0 Å². The summed E-state index contributed by atoms with van der Waals surface area (Å²) in [5.41, 5.74) is 10.1. The molecule has 2 amide bonds. The Balaban J connectivity index is 1.65. The first kappa shape index (κ1) is 30.4. The lowest BCUT2D eigenvalue weighted by molar-refractivity contribution is -0.124. The summed E-state index contributed by atoms with van der Waals surface area (Å²) in [6.45, 7) is 0.695. The van der Waals surface area contributed by atoms with Gasteiger partial charge in [-0.15, -0.1) is 0 Å². The van der Waals surface area contributed by atoms with Crippen molar-refractivity contribution in [2.45, 2.75) is 18.4 Å². The van der Waals surface area contributed by atoms with Crippen LogP contribution in [0, 0.1) is 0 Å². The molecule has 220 valence electrons. The average Bonchev–Trinajstić information content (AvgIpc) is 3.35. The molecule has 0 aromatic heterocycles. The maximum atomic E-state index is 13.4. The Bertz CT molecular complexity index is 1460. The predicted octanol–water partition coefficient (Wildman–Crippen LogP) is 4.14. The van der Waals surface area contributed by atoms with Crippen molar-refractivity contribution >= 4 is 46.1 Å². The van der Waals surface area contributed by atoms with Crippen LogP contribution in [-0.2, 0) is 23.8 Å². The van der Waals surface area contributed by atoms with Crippen LogP contribution in [0.5, 0.6) is 0 Å². The van der Waals surface area contributed by atoms with E-state index in [-0.39, 0.29) is 11.8 Å². The fourth-order valence-corrected chi connectivity index (χ4v) is 4.82. The molecule has 4 rings (SSSR count). The number of hydrogen-bond donors (Lipinski definition) is 3. The van der Waals surface area contributed by atoms with Crippen LogP contribution in [0.4, 0.5) is 17.1 Å². The highest BCUT2D eigenvalue weighted by molar-refractivity contribution is 6.37. The number of nitrogens with two attached hydrogens (primary N) is 1. The molecule has 0 saturated carbocycles. The molecule has 0 unspecified atom stereocenters. The fraction of sp³-hybridized carbons (Fsp3) is 0.281. The zero-order valence-corrected chi connectivity index (χ0v) is 24.2. The highest BCUT2D eigenvalue weighted by Gasteiger charge is 2.36. The molecule has 0 fully saturated rings. The summed E-state index contributed by atoms with van der Waals surface area (Å²) in [6, 6.07) is 21.7. The summed E-state index contributed by atoms with van der Waals surface area (Å²) in [5, 5.41) is 6.27. The van der Waals surface area contributed by atoms with Crippen molar-refractivity contribution in [3.63, 3.8) is 0 Å². The average molecular weight is 573 g/mol. The van der Waals surface area contributed by atoms with Crippen LogP contribution in [0.1, 0.15) is 34.3 Å². The number of hydrogen-bond acceptors (Lipinski definition) is 8. The van der Waals surface area contributed by atoms with E-state index >= 15 is 0 Å². The number of methoxy groups -OCH3 is 3. The van der Waals surface area contributed by atoms with Gasteiger partial charge in [-0.3, -0.25) is 9.59 Å². The minimum atomic E-state index is -1.14. The summed E-state index contributed by atoms with van der Waals surface area (Å²) < 4.78 is 15.2. The van der Waals surface area contributed by atoms with Crippen molar-refractivity contribution in [1.29, 1.82) is 0 Å². The van der Waals surface area contributed by atoms with Crippen molar-refractivity contribution in [3.05, 3.63) is 89.5 Å². The van der Waals surface area contributed by atoms with E-state index in [0.29, 0.717) is 65.5 Å². The lowest BCUT2D eigenvalue weighted by Crippen LogP contribution is -2.55. The van der Waals surface area contributed by atoms with Crippen LogP contribution in [0.2, 0.25) is 0 Å². The highest BCUT2D eigenvalue weighted by Crippen LogP contribution is 2.38. The van der Waals surface area contributed by atoms with Gasteiger partial charge in [-0.05, 0) is 54.8 Å². The first-order chi connectivity index (χ1) is 20.2. The molecule has 0 atom stereocenters. The molecular formula is C32H36N4O6. The number of benzene rings is 3.